The Morgan fingerprint density at radius 2 is 1.93 bits per heavy atom. The smallest absolute Gasteiger partial charge is 0.319 e. The van der Waals surface area contributed by atoms with Gasteiger partial charge in [0.1, 0.15) is 29.8 Å². The van der Waals surface area contributed by atoms with Crippen molar-refractivity contribution >= 4 is 16.7 Å². The molecule has 10 heteroatoms. The fraction of sp³-hybridized carbons (Fsp3) is 0.567. The van der Waals surface area contributed by atoms with Crippen LogP contribution in [0.2, 0.25) is 0 Å². The van der Waals surface area contributed by atoms with Crippen LogP contribution in [0.15, 0.2) is 30.5 Å². The molecule has 0 spiro atoms. The first-order chi connectivity index (χ1) is 19.2. The van der Waals surface area contributed by atoms with E-state index in [1.54, 1.807) is 38.2 Å². The highest BCUT2D eigenvalue weighted by Crippen LogP contribution is 2.41. The van der Waals surface area contributed by atoms with Gasteiger partial charge in [0.2, 0.25) is 0 Å². The molecule has 4 atom stereocenters. The van der Waals surface area contributed by atoms with E-state index in [0.29, 0.717) is 47.4 Å². The predicted molar refractivity (Wildman–Crippen MR) is 149 cm³/mol. The lowest BCUT2D eigenvalue weighted by Crippen LogP contribution is -2.51. The largest absolute Gasteiger partial charge is 0.461 e. The Morgan fingerprint density at radius 3 is 2.70 bits per heavy atom. The van der Waals surface area contributed by atoms with Crippen molar-refractivity contribution in [2.75, 3.05) is 37.7 Å². The molecule has 7 rings (SSSR count). The second kappa shape index (κ2) is 9.56. The normalized spacial score (nSPS) is 28.4. The van der Waals surface area contributed by atoms with E-state index in [-0.39, 0.29) is 29.4 Å². The Labute approximate surface area is 232 Å². The number of aromatic nitrogens is 3. The zero-order chi connectivity index (χ0) is 27.6. The number of alkyl halides is 1. The Morgan fingerprint density at radius 1 is 1.15 bits per heavy atom. The summed E-state index contributed by atoms with van der Waals surface area (Å²) in [4.78, 5) is 18.3. The number of nitrogens with one attached hydrogen (secondary N) is 1. The number of piperazine rings is 1. The minimum atomic E-state index is -1.19. The summed E-state index contributed by atoms with van der Waals surface area (Å²) in [6.45, 7) is 6.43. The number of fused-ring (bicyclic) bond motifs is 4. The molecule has 2 N–H and O–H groups in total. The number of benzene rings is 1. The quantitative estimate of drug-likeness (QED) is 0.477. The molecule has 4 fully saturated rings. The number of rotatable bonds is 6. The van der Waals surface area contributed by atoms with E-state index in [0.717, 1.165) is 45.3 Å². The summed E-state index contributed by atoms with van der Waals surface area (Å²) in [6, 6.07) is 7.98. The molecule has 4 aliphatic rings. The Bertz CT molecular complexity index is 1440. The molecule has 3 aromatic rings. The summed E-state index contributed by atoms with van der Waals surface area (Å²) in [5.41, 5.74) is -0.202. The number of aliphatic hydroxyl groups is 1. The van der Waals surface area contributed by atoms with Gasteiger partial charge in [-0.25, -0.2) is 8.78 Å². The molecule has 0 saturated carbocycles. The van der Waals surface area contributed by atoms with Crippen molar-refractivity contribution in [2.24, 2.45) is 0 Å². The molecule has 2 bridgehead atoms. The lowest BCUT2D eigenvalue weighted by atomic mass is 9.91. The first kappa shape index (κ1) is 26.0. The van der Waals surface area contributed by atoms with Gasteiger partial charge in [-0.1, -0.05) is 24.3 Å². The molecule has 40 heavy (non-hydrogen) atoms. The summed E-state index contributed by atoms with van der Waals surface area (Å²) in [5, 5.41) is 14.9. The summed E-state index contributed by atoms with van der Waals surface area (Å²) in [5.74, 6) is 0.0360. The molecule has 0 amide bonds. The Hall–Kier alpha value is -2.95. The van der Waals surface area contributed by atoms with E-state index in [4.69, 9.17) is 9.72 Å². The van der Waals surface area contributed by atoms with E-state index < -0.39 is 17.6 Å². The topological polar surface area (TPSA) is 86.6 Å². The van der Waals surface area contributed by atoms with E-state index in [2.05, 4.69) is 25.1 Å². The second-order valence-electron chi connectivity index (χ2n) is 12.5. The predicted octanol–water partition coefficient (Wildman–Crippen LogP) is 3.95. The lowest BCUT2D eigenvalue weighted by Gasteiger charge is -2.34. The molecule has 8 nitrogen and oxygen atoms in total. The summed E-state index contributed by atoms with van der Waals surface area (Å²) >= 11 is 0. The van der Waals surface area contributed by atoms with Gasteiger partial charge in [-0.2, -0.15) is 9.97 Å². The summed E-state index contributed by atoms with van der Waals surface area (Å²) < 4.78 is 37.0. The number of pyridine rings is 1. The molecule has 6 heterocycles. The molecule has 4 saturated heterocycles. The Kier molecular flexibility index (Phi) is 6.21. The average Bonchev–Trinajstić information content (AvgIpc) is 3.57. The van der Waals surface area contributed by atoms with E-state index in [1.807, 2.05) is 6.07 Å². The van der Waals surface area contributed by atoms with Crippen LogP contribution in [-0.2, 0) is 5.60 Å². The fourth-order valence-corrected chi connectivity index (χ4v) is 7.36. The highest BCUT2D eigenvalue weighted by atomic mass is 19.1. The van der Waals surface area contributed by atoms with E-state index in [1.165, 1.54) is 0 Å². The van der Waals surface area contributed by atoms with Gasteiger partial charge in [0.15, 0.2) is 5.82 Å². The standard InChI is InChI=1S/C30H36F2N6O2/c1-29(2,39)23-7-4-3-6-21(23)25-24(32)26-22(13-33-25)27(37-15-19-8-9-20(16-37)34-19)36-28(35-26)40-17-30-10-5-11-38(30)14-18(31)12-30/h3-4,6-7,13,18-20,34,39H,5,8-12,14-17H2,1-2H3/t18-,19?,20?,30+/m1/s1. The average molecular weight is 551 g/mol. The van der Waals surface area contributed by atoms with Crippen LogP contribution in [0.25, 0.3) is 22.2 Å². The van der Waals surface area contributed by atoms with Gasteiger partial charge in [-0.3, -0.25) is 9.88 Å². The zero-order valence-electron chi connectivity index (χ0n) is 23.0. The Balaban J connectivity index is 1.32. The number of hydrogen-bond donors (Lipinski definition) is 2. The van der Waals surface area contributed by atoms with Crippen LogP contribution in [0, 0.1) is 5.82 Å². The molecule has 4 aliphatic heterocycles. The van der Waals surface area contributed by atoms with Crippen molar-refractivity contribution in [1.82, 2.24) is 25.2 Å². The van der Waals surface area contributed by atoms with Gasteiger partial charge < -0.3 is 20.1 Å². The number of hydrogen-bond acceptors (Lipinski definition) is 8. The van der Waals surface area contributed by atoms with E-state index >= 15 is 4.39 Å². The molecule has 212 valence electrons. The molecule has 2 unspecified atom stereocenters. The van der Waals surface area contributed by atoms with Crippen molar-refractivity contribution in [3.63, 3.8) is 0 Å². The van der Waals surface area contributed by atoms with Crippen LogP contribution in [-0.4, -0.2) is 81.5 Å². The van der Waals surface area contributed by atoms with Gasteiger partial charge in [0.05, 0.1) is 16.5 Å². The molecular formula is C30H36F2N6O2. The van der Waals surface area contributed by atoms with Crippen LogP contribution < -0.4 is 15.0 Å². The van der Waals surface area contributed by atoms with Crippen LogP contribution in [0.3, 0.4) is 0 Å². The minimum Gasteiger partial charge on any atom is -0.461 e. The van der Waals surface area contributed by atoms with Crippen LogP contribution in [0.4, 0.5) is 14.6 Å². The highest BCUT2D eigenvalue weighted by Gasteiger charge is 2.49. The van der Waals surface area contributed by atoms with Gasteiger partial charge in [-0.05, 0) is 51.6 Å². The first-order valence-corrected chi connectivity index (χ1v) is 14.4. The SMILES string of the molecule is CC(C)(O)c1ccccc1-c1ncc2c(N3CC4CCC(C3)N4)nc(OC[C@@]34CCCN3C[C@H](F)C4)nc2c1F. The molecule has 0 radical (unpaired) electrons. The summed E-state index contributed by atoms with van der Waals surface area (Å²) in [6.07, 6.45) is 5.28. The molecule has 0 aliphatic carbocycles. The third kappa shape index (κ3) is 4.40. The second-order valence-corrected chi connectivity index (χ2v) is 12.5. The van der Waals surface area contributed by atoms with Crippen molar-refractivity contribution in [3.8, 4) is 17.3 Å². The van der Waals surface area contributed by atoms with Crippen LogP contribution in [0.5, 0.6) is 6.01 Å². The van der Waals surface area contributed by atoms with E-state index in [9.17, 15) is 9.50 Å². The monoisotopic (exact) mass is 550 g/mol. The van der Waals surface area contributed by atoms with Crippen molar-refractivity contribution < 1.29 is 18.6 Å². The zero-order valence-corrected chi connectivity index (χ0v) is 23.0. The number of ether oxygens (including phenoxy) is 1. The van der Waals surface area contributed by atoms with Crippen molar-refractivity contribution in [1.29, 1.82) is 0 Å². The third-order valence-corrected chi connectivity index (χ3v) is 9.23. The van der Waals surface area contributed by atoms with Crippen molar-refractivity contribution in [2.45, 2.75) is 75.3 Å². The van der Waals surface area contributed by atoms with Gasteiger partial charge in [0.25, 0.3) is 0 Å². The molecule has 1 aromatic carbocycles. The van der Waals surface area contributed by atoms with Crippen LogP contribution in [0.1, 0.15) is 51.5 Å². The third-order valence-electron chi connectivity index (χ3n) is 9.23. The first-order valence-electron chi connectivity index (χ1n) is 14.4. The van der Waals surface area contributed by atoms with Gasteiger partial charge >= 0.3 is 6.01 Å². The highest BCUT2D eigenvalue weighted by molar-refractivity contribution is 5.92. The molecule has 2 aromatic heterocycles. The van der Waals surface area contributed by atoms with Crippen molar-refractivity contribution in [3.05, 3.63) is 41.8 Å². The number of anilines is 1. The van der Waals surface area contributed by atoms with Crippen LogP contribution >= 0.6 is 0 Å². The maximum Gasteiger partial charge on any atom is 0.319 e. The molecular weight excluding hydrogens is 514 g/mol. The number of nitrogens with zero attached hydrogens (tertiary/aromatic N) is 5. The van der Waals surface area contributed by atoms with Gasteiger partial charge in [0, 0.05) is 49.9 Å². The number of halogens is 2. The summed E-state index contributed by atoms with van der Waals surface area (Å²) in [7, 11) is 0. The maximum atomic E-state index is 16.4. The fourth-order valence-electron chi connectivity index (χ4n) is 7.36. The maximum absolute atomic E-state index is 16.4. The van der Waals surface area contributed by atoms with Gasteiger partial charge in [-0.15, -0.1) is 0 Å². The minimum absolute atomic E-state index is 0.101. The lowest BCUT2D eigenvalue weighted by molar-refractivity contribution is 0.0791.